The molecule has 0 bridgehead atoms. The molecule has 2 unspecified atom stereocenters. The average Bonchev–Trinajstić information content (AvgIpc) is 3.44. The fraction of sp³-hybridized carbons (Fsp3) is 0.414. The van der Waals surface area contributed by atoms with Gasteiger partial charge in [0.05, 0.1) is 16.7 Å². The van der Waals surface area contributed by atoms with Crippen molar-refractivity contribution in [2.45, 2.75) is 37.9 Å². The van der Waals surface area contributed by atoms with Crippen LogP contribution in [0.5, 0.6) is 5.88 Å². The lowest BCUT2D eigenvalue weighted by atomic mass is 10.1. The number of hydrogen-bond acceptors (Lipinski definition) is 7. The quantitative estimate of drug-likeness (QED) is 0.290. The summed E-state index contributed by atoms with van der Waals surface area (Å²) in [6.07, 6.45) is -1.49. The molecule has 226 valence electrons. The summed E-state index contributed by atoms with van der Waals surface area (Å²) in [5.41, 5.74) is 4.35. The number of alkyl halides is 5. The van der Waals surface area contributed by atoms with Crippen LogP contribution in [0.3, 0.4) is 0 Å². The highest BCUT2D eigenvalue weighted by molar-refractivity contribution is 5.83. The van der Waals surface area contributed by atoms with E-state index in [-0.39, 0.29) is 18.3 Å². The minimum Gasteiger partial charge on any atom is -0.468 e. The number of aromatic amines is 1. The van der Waals surface area contributed by atoms with Gasteiger partial charge in [-0.25, -0.2) is 23.7 Å². The Labute approximate surface area is 243 Å². The van der Waals surface area contributed by atoms with E-state index >= 15 is 0 Å². The topological polar surface area (TPSA) is 100 Å². The van der Waals surface area contributed by atoms with Gasteiger partial charge in [0.25, 0.3) is 5.92 Å². The maximum Gasteiger partial charge on any atom is 0.422 e. The number of hydrogen-bond donors (Lipinski definition) is 1. The molecule has 1 N–H and O–H groups in total. The van der Waals surface area contributed by atoms with Crippen molar-refractivity contribution in [3.8, 4) is 17.1 Å². The number of ether oxygens (including phenoxy) is 1. The van der Waals surface area contributed by atoms with Gasteiger partial charge in [0.15, 0.2) is 6.61 Å². The lowest BCUT2D eigenvalue weighted by Gasteiger charge is -2.38. The molecule has 6 rings (SSSR count). The molecule has 3 aromatic heterocycles. The summed E-state index contributed by atoms with van der Waals surface area (Å²) < 4.78 is 68.9. The summed E-state index contributed by atoms with van der Waals surface area (Å²) >= 11 is 0. The SMILES string of the molecule is CC(c1ccnc(Cc2nc3ccc(-c4cc(OCC(F)(F)F)ncn4)cc3[nH]2)c1)N1CCN(C(=O)C2CC2(F)F)CC1. The monoisotopic (exact) mass is 601 g/mol. The Morgan fingerprint density at radius 1 is 1.09 bits per heavy atom. The zero-order chi connectivity index (χ0) is 30.4. The maximum atomic E-state index is 13.3. The van der Waals surface area contributed by atoms with E-state index < -0.39 is 30.5 Å². The third kappa shape index (κ3) is 6.58. The number of aromatic nitrogens is 5. The second-order valence-electron chi connectivity index (χ2n) is 10.9. The van der Waals surface area contributed by atoms with E-state index in [4.69, 9.17) is 4.74 Å². The van der Waals surface area contributed by atoms with Gasteiger partial charge >= 0.3 is 6.18 Å². The van der Waals surface area contributed by atoms with E-state index in [0.717, 1.165) is 23.1 Å². The number of nitrogens with one attached hydrogen (secondary N) is 1. The zero-order valence-corrected chi connectivity index (χ0v) is 23.1. The van der Waals surface area contributed by atoms with Crippen molar-refractivity contribution in [2.24, 2.45) is 5.92 Å². The van der Waals surface area contributed by atoms with Gasteiger partial charge in [-0.3, -0.25) is 14.7 Å². The van der Waals surface area contributed by atoms with Gasteiger partial charge in [-0.1, -0.05) is 6.07 Å². The number of piperazine rings is 1. The number of halogens is 5. The number of amides is 1. The highest BCUT2D eigenvalue weighted by atomic mass is 19.4. The van der Waals surface area contributed by atoms with Gasteiger partial charge in [0.1, 0.15) is 18.1 Å². The molecule has 1 aliphatic heterocycles. The lowest BCUT2D eigenvalue weighted by Crippen LogP contribution is -2.50. The van der Waals surface area contributed by atoms with Crippen molar-refractivity contribution < 1.29 is 31.5 Å². The van der Waals surface area contributed by atoms with Crippen LogP contribution in [0, 0.1) is 5.92 Å². The number of carbonyl (C=O) groups is 1. The minimum absolute atomic E-state index is 0.0393. The first kappa shape index (κ1) is 28.9. The largest absolute Gasteiger partial charge is 0.468 e. The van der Waals surface area contributed by atoms with Gasteiger partial charge in [0.2, 0.25) is 11.8 Å². The molecule has 0 radical (unpaired) electrons. The second-order valence-corrected chi connectivity index (χ2v) is 10.9. The van der Waals surface area contributed by atoms with E-state index in [9.17, 15) is 26.7 Å². The molecule has 4 aromatic rings. The Morgan fingerprint density at radius 3 is 2.58 bits per heavy atom. The van der Waals surface area contributed by atoms with Crippen molar-refractivity contribution in [2.75, 3.05) is 32.8 Å². The molecule has 14 heteroatoms. The number of rotatable bonds is 8. The normalized spacial score (nSPS) is 19.4. The standard InChI is InChI=1S/C29H28F5N7O2/c1-17(40-6-8-41(9-7-40)27(42)21-14-28(21,30)31)18-4-5-35-20(10-18)12-25-38-22-3-2-19(11-24(22)39-25)23-13-26(37-16-36-23)43-15-29(32,33)34/h2-5,10-11,13,16-17,21H,6-9,12,14-15H2,1H3,(H,38,39). The molecule has 1 aromatic carbocycles. The van der Waals surface area contributed by atoms with Gasteiger partial charge in [-0.15, -0.1) is 0 Å². The summed E-state index contributed by atoms with van der Waals surface area (Å²) in [5.74, 6) is -3.94. The van der Waals surface area contributed by atoms with Crippen molar-refractivity contribution >= 4 is 16.9 Å². The van der Waals surface area contributed by atoms with Gasteiger partial charge < -0.3 is 14.6 Å². The summed E-state index contributed by atoms with van der Waals surface area (Å²) in [4.78, 5) is 36.5. The van der Waals surface area contributed by atoms with Crippen LogP contribution in [0.4, 0.5) is 22.0 Å². The fourth-order valence-electron chi connectivity index (χ4n) is 5.30. The number of carbonyl (C=O) groups excluding carboxylic acids is 1. The number of fused-ring (bicyclic) bond motifs is 1. The highest BCUT2D eigenvalue weighted by Gasteiger charge is 2.62. The summed E-state index contributed by atoms with van der Waals surface area (Å²) in [6.45, 7) is 2.66. The Kier molecular flexibility index (Phi) is 7.48. The molecule has 1 amide bonds. The van der Waals surface area contributed by atoms with Crippen LogP contribution in [-0.2, 0) is 11.2 Å². The number of benzene rings is 1. The van der Waals surface area contributed by atoms with Crippen LogP contribution in [0.15, 0.2) is 48.9 Å². The Balaban J connectivity index is 1.10. The molecular formula is C29H28F5N7O2. The van der Waals surface area contributed by atoms with Crippen LogP contribution in [0.1, 0.15) is 36.5 Å². The Bertz CT molecular complexity index is 1640. The average molecular weight is 602 g/mol. The van der Waals surface area contributed by atoms with Crippen LogP contribution < -0.4 is 4.74 Å². The van der Waals surface area contributed by atoms with Crippen molar-refractivity contribution in [3.63, 3.8) is 0 Å². The lowest BCUT2D eigenvalue weighted by molar-refractivity contribution is -0.154. The number of imidazole rings is 1. The predicted octanol–water partition coefficient (Wildman–Crippen LogP) is 4.81. The molecule has 4 heterocycles. The van der Waals surface area contributed by atoms with Crippen molar-refractivity contribution in [1.29, 1.82) is 0 Å². The van der Waals surface area contributed by atoms with Crippen molar-refractivity contribution in [3.05, 3.63) is 66.0 Å². The number of pyridine rings is 1. The fourth-order valence-corrected chi connectivity index (χ4v) is 5.30. The second kappa shape index (κ2) is 11.1. The molecule has 1 saturated carbocycles. The number of nitrogens with zero attached hydrogens (tertiary/aromatic N) is 6. The molecule has 2 atom stereocenters. The van der Waals surface area contributed by atoms with Crippen LogP contribution in [-0.4, -0.2) is 85.5 Å². The summed E-state index contributed by atoms with van der Waals surface area (Å²) in [7, 11) is 0. The van der Waals surface area contributed by atoms with E-state index in [1.807, 2.05) is 18.2 Å². The van der Waals surface area contributed by atoms with Crippen LogP contribution in [0.2, 0.25) is 0 Å². The Morgan fingerprint density at radius 2 is 1.86 bits per heavy atom. The molecule has 1 aliphatic carbocycles. The molecule has 1 saturated heterocycles. The first-order chi connectivity index (χ1) is 20.4. The van der Waals surface area contributed by atoms with Crippen LogP contribution >= 0.6 is 0 Å². The van der Waals surface area contributed by atoms with E-state index in [1.54, 1.807) is 23.2 Å². The van der Waals surface area contributed by atoms with Gasteiger partial charge in [0, 0.05) is 68.6 Å². The molecule has 43 heavy (non-hydrogen) atoms. The predicted molar refractivity (Wildman–Crippen MR) is 145 cm³/mol. The van der Waals surface area contributed by atoms with Crippen molar-refractivity contribution in [1.82, 2.24) is 34.7 Å². The van der Waals surface area contributed by atoms with Crippen LogP contribution in [0.25, 0.3) is 22.3 Å². The van der Waals surface area contributed by atoms with E-state index in [0.29, 0.717) is 55.2 Å². The van der Waals surface area contributed by atoms with Gasteiger partial charge in [-0.2, -0.15) is 13.2 Å². The molecule has 2 aliphatic rings. The zero-order valence-electron chi connectivity index (χ0n) is 23.1. The third-order valence-corrected chi connectivity index (χ3v) is 7.82. The van der Waals surface area contributed by atoms with Gasteiger partial charge in [-0.05, 0) is 36.8 Å². The highest BCUT2D eigenvalue weighted by Crippen LogP contribution is 2.49. The first-order valence-corrected chi connectivity index (χ1v) is 13.8. The van der Waals surface area contributed by atoms with E-state index in [1.165, 1.54) is 6.07 Å². The molecule has 0 spiro atoms. The maximum absolute atomic E-state index is 13.3. The number of H-pyrrole nitrogens is 1. The molecule has 9 nitrogen and oxygen atoms in total. The Hall–Kier alpha value is -4.20. The minimum atomic E-state index is -4.47. The molecular weight excluding hydrogens is 573 g/mol. The first-order valence-electron chi connectivity index (χ1n) is 13.8. The molecule has 2 fully saturated rings. The summed E-state index contributed by atoms with van der Waals surface area (Å²) in [5, 5.41) is 0. The van der Waals surface area contributed by atoms with E-state index in [2.05, 4.69) is 36.7 Å². The third-order valence-electron chi connectivity index (χ3n) is 7.82. The summed E-state index contributed by atoms with van der Waals surface area (Å²) in [6, 6.07) is 10.7. The smallest absolute Gasteiger partial charge is 0.422 e.